The van der Waals surface area contributed by atoms with Crippen LogP contribution in [-0.2, 0) is 42.5 Å². The van der Waals surface area contributed by atoms with E-state index in [0.29, 0.717) is 43.8 Å². The number of ether oxygens (including phenoxy) is 5. The molecule has 1 amide bonds. The fourth-order valence-corrected chi connectivity index (χ4v) is 12.8. The summed E-state index contributed by atoms with van der Waals surface area (Å²) in [6, 6.07) is 44.3. The van der Waals surface area contributed by atoms with E-state index in [2.05, 4.69) is 25.3 Å². The van der Waals surface area contributed by atoms with Crippen LogP contribution in [0.2, 0.25) is 10.0 Å². The summed E-state index contributed by atoms with van der Waals surface area (Å²) in [5, 5.41) is 3.48. The number of nitrogens with zero attached hydrogens (tertiary/aromatic N) is 5. The third kappa shape index (κ3) is 13.7. The lowest BCUT2D eigenvalue weighted by Gasteiger charge is -2.37. The molecular formula is C60H55Cl2N7O16P2. The highest BCUT2D eigenvalue weighted by molar-refractivity contribution is 7.49. The maximum atomic E-state index is 15.9. The van der Waals surface area contributed by atoms with E-state index >= 15 is 4.57 Å². The third-order valence-electron chi connectivity index (χ3n) is 14.4. The first-order valence-electron chi connectivity index (χ1n) is 27.0. The summed E-state index contributed by atoms with van der Waals surface area (Å²) in [6.45, 7) is 0.449. The van der Waals surface area contributed by atoms with Gasteiger partial charge in [0.15, 0.2) is 17.0 Å². The summed E-state index contributed by atoms with van der Waals surface area (Å²) in [7, 11) is -6.94. The number of aromatic amines is 1. The molecule has 2 aliphatic rings. The third-order valence-corrected chi connectivity index (χ3v) is 17.3. The number of aromatic nitrogens is 6. The van der Waals surface area contributed by atoms with Crippen LogP contribution >= 0.6 is 38.8 Å². The standard InChI is InChI=1S/C60H55Cl2N7O16P2/c1-37-32-68(59(72)67-57(37)70)52-30-48(84-86(73,74)82-46-26-18-42(61)19-27-46)51(81-52)34-79-87(75,83-47-28-20-43(62)21-29-47)85-49-31-53(69-36-65-54-55(63-35-64-56(54)69)66-58(71)38-10-6-4-7-11-38)80-50(49)33-78-60(39-12-8-5-9-13-39,40-14-22-44(76-2)23-15-40)41-16-24-45(77-3)25-17-41/h4-29,32,35-36,48-53H,30-31,33-34H2,1-3H3,(H,73,74)(H,67,70,72)(H,63,64,66,71)/t48-,49-,50+,51+,52+,53+,87?/m0/s1. The highest BCUT2D eigenvalue weighted by Crippen LogP contribution is 2.55. The van der Waals surface area contributed by atoms with Crippen molar-refractivity contribution in [1.29, 1.82) is 0 Å². The van der Waals surface area contributed by atoms with Gasteiger partial charge in [0.2, 0.25) is 0 Å². The van der Waals surface area contributed by atoms with Crippen molar-refractivity contribution < 1.29 is 65.1 Å². The quantitative estimate of drug-likeness (QED) is 0.0396. The number of hydrogen-bond donors (Lipinski definition) is 3. The molecular weight excluding hydrogens is 1210 g/mol. The molecule has 8 atom stereocenters. The maximum absolute atomic E-state index is 15.9. The first kappa shape index (κ1) is 60.7. The number of phosphoric acid groups is 2. The maximum Gasteiger partial charge on any atom is 0.530 e. The number of phosphoric ester groups is 2. The van der Waals surface area contributed by atoms with Crippen molar-refractivity contribution in [3.05, 3.63) is 235 Å². The minimum absolute atomic E-state index is 0.0139. The summed E-state index contributed by atoms with van der Waals surface area (Å²) < 4.78 is 94.5. The Morgan fingerprint density at radius 3 is 1.80 bits per heavy atom. The van der Waals surface area contributed by atoms with Gasteiger partial charge in [0.1, 0.15) is 71.8 Å². The highest BCUT2D eigenvalue weighted by Gasteiger charge is 2.49. The number of hydrogen-bond acceptors (Lipinski definition) is 18. The number of carbonyl (C=O) groups excluding carboxylic acids is 1. The SMILES string of the molecule is COc1ccc(C(OC[C@H]2O[C@@H](n3cnc4c(NC(=O)c5ccccc5)ncnc43)C[C@@H]2OP(=O)(OC[C@H]2O[C@@H](n3cc(C)c(=O)[nH]c3=O)C[C@@H]2OP(=O)(O)Oc2ccc(Cl)cc2)Oc2ccc(Cl)cc2)(c2ccccc2)c2ccc(OC)cc2)cc1. The first-order chi connectivity index (χ1) is 42.0. The number of nitrogens with one attached hydrogen (secondary N) is 2. The molecule has 0 saturated carbocycles. The Bertz CT molecular complexity index is 4050. The Kier molecular flexibility index (Phi) is 18.2. The Balaban J connectivity index is 0.969. The zero-order chi connectivity index (χ0) is 60.9. The Morgan fingerprint density at radius 2 is 1.21 bits per heavy atom. The lowest BCUT2D eigenvalue weighted by molar-refractivity contribution is -0.0936. The number of aryl methyl sites for hydroxylation is 1. The Labute approximate surface area is 506 Å². The fraction of sp³-hybridized carbons (Fsp3) is 0.233. The summed E-state index contributed by atoms with van der Waals surface area (Å²) >= 11 is 12.4. The van der Waals surface area contributed by atoms with Crippen LogP contribution in [0.4, 0.5) is 5.82 Å². The average Bonchev–Trinajstić information content (AvgIpc) is 1.54. The molecule has 6 aromatic carbocycles. The molecule has 11 rings (SSSR count). The first-order valence-corrected chi connectivity index (χ1v) is 30.7. The highest BCUT2D eigenvalue weighted by atomic mass is 35.5. The van der Waals surface area contributed by atoms with Gasteiger partial charge in [-0.05, 0) is 109 Å². The van der Waals surface area contributed by atoms with Gasteiger partial charge in [-0.3, -0.25) is 42.2 Å². The minimum atomic E-state index is -5.04. The molecule has 0 radical (unpaired) electrons. The second kappa shape index (κ2) is 26.1. The van der Waals surface area contributed by atoms with E-state index in [1.807, 2.05) is 78.9 Å². The molecule has 0 spiro atoms. The van der Waals surface area contributed by atoms with E-state index in [9.17, 15) is 23.8 Å². The van der Waals surface area contributed by atoms with Gasteiger partial charge in [-0.1, -0.05) is 96.0 Å². The van der Waals surface area contributed by atoms with Gasteiger partial charge in [-0.15, -0.1) is 0 Å². The van der Waals surface area contributed by atoms with E-state index < -0.39 is 81.9 Å². The van der Waals surface area contributed by atoms with Crippen molar-refractivity contribution in [2.75, 3.05) is 32.8 Å². The molecule has 2 aliphatic heterocycles. The number of anilines is 1. The van der Waals surface area contributed by atoms with Crippen LogP contribution in [-0.4, -0.2) is 91.7 Å². The second-order valence-corrected chi connectivity index (χ2v) is 23.7. The molecule has 87 heavy (non-hydrogen) atoms. The van der Waals surface area contributed by atoms with Gasteiger partial charge in [0.05, 0.1) is 33.8 Å². The van der Waals surface area contributed by atoms with Crippen LogP contribution in [0.3, 0.4) is 0 Å². The molecule has 450 valence electrons. The average molecular weight is 1260 g/mol. The molecule has 9 aromatic rings. The molecule has 0 bridgehead atoms. The zero-order valence-corrected chi connectivity index (χ0v) is 49.8. The predicted octanol–water partition coefficient (Wildman–Crippen LogP) is 11.0. The Hall–Kier alpha value is -8.02. The van der Waals surface area contributed by atoms with Gasteiger partial charge in [0, 0.05) is 40.2 Å². The van der Waals surface area contributed by atoms with Crippen LogP contribution in [0.25, 0.3) is 11.2 Å². The van der Waals surface area contributed by atoms with Crippen LogP contribution in [0.15, 0.2) is 186 Å². The lowest BCUT2D eigenvalue weighted by atomic mass is 9.80. The monoisotopic (exact) mass is 1260 g/mol. The number of benzene rings is 6. The van der Waals surface area contributed by atoms with Crippen molar-refractivity contribution in [2.45, 2.75) is 62.2 Å². The van der Waals surface area contributed by atoms with Crippen LogP contribution in [0.5, 0.6) is 23.0 Å². The number of H-pyrrole nitrogens is 1. The summed E-state index contributed by atoms with van der Waals surface area (Å²) in [4.78, 5) is 66.1. The van der Waals surface area contributed by atoms with Gasteiger partial charge >= 0.3 is 21.3 Å². The van der Waals surface area contributed by atoms with Crippen molar-refractivity contribution in [1.82, 2.24) is 29.1 Å². The number of fused-ring (bicyclic) bond motifs is 1. The number of amides is 1. The predicted molar refractivity (Wildman–Crippen MR) is 318 cm³/mol. The van der Waals surface area contributed by atoms with Crippen molar-refractivity contribution in [3.8, 4) is 23.0 Å². The smallest absolute Gasteiger partial charge is 0.497 e. The van der Waals surface area contributed by atoms with Gasteiger partial charge in [-0.25, -0.2) is 28.9 Å². The normalized spacial score (nSPS) is 19.9. The van der Waals surface area contributed by atoms with Gasteiger partial charge < -0.3 is 38.0 Å². The number of carbonyl (C=O) groups is 1. The molecule has 2 saturated heterocycles. The molecule has 27 heteroatoms. The summed E-state index contributed by atoms with van der Waals surface area (Å²) in [5.74, 6) is 0.789. The van der Waals surface area contributed by atoms with Crippen LogP contribution < -0.4 is 35.1 Å². The topological polar surface area (TPSA) is 274 Å². The summed E-state index contributed by atoms with van der Waals surface area (Å²) in [5.41, 5.74) is 0.203. The van der Waals surface area contributed by atoms with Crippen LogP contribution in [0.1, 0.15) is 57.9 Å². The van der Waals surface area contributed by atoms with Gasteiger partial charge in [-0.2, -0.15) is 0 Å². The number of imidazole rings is 1. The number of halogens is 2. The summed E-state index contributed by atoms with van der Waals surface area (Å²) in [6.07, 6.45) is -3.91. The number of methoxy groups -OCH3 is 2. The van der Waals surface area contributed by atoms with E-state index in [1.54, 1.807) is 49.1 Å². The largest absolute Gasteiger partial charge is 0.530 e. The fourth-order valence-electron chi connectivity index (χ4n) is 10.1. The molecule has 2 fully saturated rings. The van der Waals surface area contributed by atoms with E-state index in [4.69, 9.17) is 69.5 Å². The van der Waals surface area contributed by atoms with Crippen molar-refractivity contribution in [3.63, 3.8) is 0 Å². The number of rotatable bonds is 23. The van der Waals surface area contributed by atoms with E-state index in [1.165, 1.54) is 74.3 Å². The molecule has 0 aliphatic carbocycles. The molecule has 3 aromatic heterocycles. The van der Waals surface area contributed by atoms with Crippen molar-refractivity contribution in [2.24, 2.45) is 0 Å². The van der Waals surface area contributed by atoms with Gasteiger partial charge in [0.25, 0.3) is 11.5 Å². The van der Waals surface area contributed by atoms with Crippen LogP contribution in [0, 0.1) is 6.92 Å². The molecule has 5 heterocycles. The van der Waals surface area contributed by atoms with E-state index in [0.717, 1.165) is 4.57 Å². The lowest BCUT2D eigenvalue weighted by Crippen LogP contribution is -2.38. The molecule has 2 unspecified atom stereocenters. The second-order valence-electron chi connectivity index (χ2n) is 20.0. The van der Waals surface area contributed by atoms with Crippen molar-refractivity contribution >= 4 is 61.7 Å². The molecule has 3 N–H and O–H groups in total. The molecule has 23 nitrogen and oxygen atoms in total. The Morgan fingerprint density at radius 1 is 0.678 bits per heavy atom. The van der Waals surface area contributed by atoms with E-state index in [-0.39, 0.29) is 53.5 Å². The minimum Gasteiger partial charge on any atom is -0.497 e. The zero-order valence-electron chi connectivity index (χ0n) is 46.5.